The smallest absolute Gasteiger partial charge is 0.154 e. The summed E-state index contributed by atoms with van der Waals surface area (Å²) in [5.74, 6) is -0.462. The zero-order chi connectivity index (χ0) is 22.8. The molecule has 0 amide bonds. The van der Waals surface area contributed by atoms with Crippen LogP contribution in [0.1, 0.15) is 16.8 Å². The lowest BCUT2D eigenvalue weighted by molar-refractivity contribution is 0.468. The first kappa shape index (κ1) is 21.2. The lowest BCUT2D eigenvalue weighted by atomic mass is 9.96. The van der Waals surface area contributed by atoms with Crippen LogP contribution < -0.4 is 10.6 Å². The molecular formula is C29H22FO2P. The van der Waals surface area contributed by atoms with Gasteiger partial charge in [-0.3, -0.25) is 0 Å². The second-order valence-electron chi connectivity index (χ2n) is 7.97. The van der Waals surface area contributed by atoms with Crippen molar-refractivity contribution in [3.63, 3.8) is 0 Å². The van der Waals surface area contributed by atoms with Gasteiger partial charge in [0.2, 0.25) is 0 Å². The molecule has 0 aliphatic heterocycles. The molecule has 0 aromatic heterocycles. The van der Waals surface area contributed by atoms with E-state index in [4.69, 9.17) is 0 Å². The highest BCUT2D eigenvalue weighted by atomic mass is 31.2. The van der Waals surface area contributed by atoms with E-state index in [9.17, 15) is 5.11 Å². The summed E-state index contributed by atoms with van der Waals surface area (Å²) in [7, 11) is -3.54. The Hall–Kier alpha value is -3.68. The number of phenols is 1. The molecular weight excluding hydrogens is 430 g/mol. The van der Waals surface area contributed by atoms with Crippen LogP contribution in [0.25, 0.3) is 10.8 Å². The van der Waals surface area contributed by atoms with Crippen LogP contribution in [-0.2, 0) is 4.57 Å². The Kier molecular flexibility index (Phi) is 5.58. The van der Waals surface area contributed by atoms with Gasteiger partial charge in [0.05, 0.1) is 5.66 Å². The molecule has 0 saturated heterocycles. The van der Waals surface area contributed by atoms with Crippen molar-refractivity contribution in [2.45, 2.75) is 5.66 Å². The van der Waals surface area contributed by atoms with Gasteiger partial charge in [0.25, 0.3) is 0 Å². The standard InChI is InChI=1S/C29H22FO2P/c30-26-18-10-9-17-25(26)29(28-24-16-8-7-11-21(24)19-20-27(28)31)33(32,22-12-3-1-4-13-22)23-14-5-2-6-15-23/h1-20,29,31H. The van der Waals surface area contributed by atoms with Gasteiger partial charge < -0.3 is 9.67 Å². The molecule has 1 N–H and O–H groups in total. The molecule has 0 saturated carbocycles. The van der Waals surface area contributed by atoms with Crippen LogP contribution in [0.5, 0.6) is 5.75 Å². The zero-order valence-corrected chi connectivity index (χ0v) is 18.7. The lowest BCUT2D eigenvalue weighted by Gasteiger charge is -2.31. The lowest BCUT2D eigenvalue weighted by Crippen LogP contribution is -2.23. The number of halogens is 1. The van der Waals surface area contributed by atoms with E-state index in [0.717, 1.165) is 10.8 Å². The SMILES string of the molecule is O=P(c1ccccc1)(c1ccccc1)C(c1ccccc1F)c1c(O)ccc2ccccc12. The van der Waals surface area contributed by atoms with E-state index < -0.39 is 18.6 Å². The van der Waals surface area contributed by atoms with Crippen molar-refractivity contribution in [1.82, 2.24) is 0 Å². The highest BCUT2D eigenvalue weighted by molar-refractivity contribution is 7.79. The molecule has 0 aliphatic rings. The van der Waals surface area contributed by atoms with Crippen LogP contribution >= 0.6 is 7.14 Å². The highest BCUT2D eigenvalue weighted by Crippen LogP contribution is 2.62. The van der Waals surface area contributed by atoms with Crippen molar-refractivity contribution in [1.29, 1.82) is 0 Å². The zero-order valence-electron chi connectivity index (χ0n) is 17.8. The number of aromatic hydroxyl groups is 1. The molecule has 0 spiro atoms. The monoisotopic (exact) mass is 452 g/mol. The molecule has 0 bridgehead atoms. The Morgan fingerprint density at radius 1 is 0.636 bits per heavy atom. The molecule has 0 heterocycles. The third-order valence-electron chi connectivity index (χ3n) is 6.06. The number of fused-ring (bicyclic) bond motifs is 1. The van der Waals surface area contributed by atoms with E-state index >= 15 is 8.96 Å². The Bertz CT molecular complexity index is 1420. The fraction of sp³-hybridized carbons (Fsp3) is 0.0345. The Labute approximate surface area is 192 Å². The van der Waals surface area contributed by atoms with Crippen LogP contribution in [-0.4, -0.2) is 5.11 Å². The molecule has 0 fully saturated rings. The predicted molar refractivity (Wildman–Crippen MR) is 134 cm³/mol. The van der Waals surface area contributed by atoms with Gasteiger partial charge in [-0.25, -0.2) is 4.39 Å². The molecule has 33 heavy (non-hydrogen) atoms. The molecule has 2 nitrogen and oxygen atoms in total. The molecule has 5 aromatic carbocycles. The van der Waals surface area contributed by atoms with Gasteiger partial charge in [-0.05, 0) is 22.9 Å². The minimum atomic E-state index is -3.54. The molecule has 0 radical (unpaired) electrons. The number of hydrogen-bond donors (Lipinski definition) is 1. The Morgan fingerprint density at radius 2 is 1.18 bits per heavy atom. The second kappa shape index (κ2) is 8.69. The van der Waals surface area contributed by atoms with Crippen LogP contribution in [0.15, 0.2) is 121 Å². The maximum atomic E-state index is 15.4. The van der Waals surface area contributed by atoms with Crippen molar-refractivity contribution >= 4 is 28.5 Å². The molecule has 4 heteroatoms. The Morgan fingerprint density at radius 3 is 1.82 bits per heavy atom. The van der Waals surface area contributed by atoms with Gasteiger partial charge in [0.1, 0.15) is 11.6 Å². The summed E-state index contributed by atoms with van der Waals surface area (Å²) in [6.07, 6.45) is 0. The summed E-state index contributed by atoms with van der Waals surface area (Å²) in [5, 5.41) is 14.0. The summed E-state index contributed by atoms with van der Waals surface area (Å²) in [5.41, 5.74) is -0.163. The van der Waals surface area contributed by atoms with Crippen LogP contribution in [0.3, 0.4) is 0 Å². The predicted octanol–water partition coefficient (Wildman–Crippen LogP) is 6.79. The van der Waals surface area contributed by atoms with E-state index in [1.165, 1.54) is 6.07 Å². The van der Waals surface area contributed by atoms with Crippen molar-refractivity contribution in [3.05, 3.63) is 138 Å². The third-order valence-corrected chi connectivity index (χ3v) is 9.46. The topological polar surface area (TPSA) is 37.3 Å². The van der Waals surface area contributed by atoms with Crippen molar-refractivity contribution < 1.29 is 14.1 Å². The fourth-order valence-corrected chi connectivity index (χ4v) is 7.91. The minimum Gasteiger partial charge on any atom is -0.508 e. The highest BCUT2D eigenvalue weighted by Gasteiger charge is 2.42. The Balaban J connectivity index is 1.94. The van der Waals surface area contributed by atoms with E-state index in [1.807, 2.05) is 91.0 Å². The van der Waals surface area contributed by atoms with Gasteiger partial charge in [-0.1, -0.05) is 109 Å². The molecule has 1 atom stereocenters. The maximum Gasteiger partial charge on any atom is 0.154 e. The van der Waals surface area contributed by atoms with Gasteiger partial charge >= 0.3 is 0 Å². The van der Waals surface area contributed by atoms with Crippen LogP contribution in [0.2, 0.25) is 0 Å². The number of benzene rings is 5. The van der Waals surface area contributed by atoms with Crippen molar-refractivity contribution in [2.75, 3.05) is 0 Å². The molecule has 0 aliphatic carbocycles. The second-order valence-corrected chi connectivity index (χ2v) is 10.8. The van der Waals surface area contributed by atoms with Gasteiger partial charge in [-0.15, -0.1) is 0 Å². The summed E-state index contributed by atoms with van der Waals surface area (Å²) >= 11 is 0. The first-order valence-corrected chi connectivity index (χ1v) is 12.5. The van der Waals surface area contributed by atoms with E-state index in [1.54, 1.807) is 24.3 Å². The normalized spacial score (nSPS) is 12.5. The van der Waals surface area contributed by atoms with E-state index in [2.05, 4.69) is 0 Å². The summed E-state index contributed by atoms with van der Waals surface area (Å²) < 4.78 is 30.8. The van der Waals surface area contributed by atoms with Crippen LogP contribution in [0.4, 0.5) is 4.39 Å². The maximum absolute atomic E-state index is 15.4. The third kappa shape index (κ3) is 3.65. The molecule has 5 rings (SSSR count). The van der Waals surface area contributed by atoms with Crippen molar-refractivity contribution in [2.24, 2.45) is 0 Å². The quantitative estimate of drug-likeness (QED) is 0.298. The number of hydrogen-bond acceptors (Lipinski definition) is 2. The molecule has 162 valence electrons. The minimum absolute atomic E-state index is 0.00552. The first-order chi connectivity index (χ1) is 16.1. The van der Waals surface area contributed by atoms with Gasteiger partial charge in [-0.2, -0.15) is 0 Å². The van der Waals surface area contributed by atoms with Gasteiger partial charge in [0.15, 0.2) is 7.14 Å². The average Bonchev–Trinajstić information content (AvgIpc) is 2.87. The summed E-state index contributed by atoms with van der Waals surface area (Å²) in [6, 6.07) is 35.8. The van der Waals surface area contributed by atoms with E-state index in [-0.39, 0.29) is 5.75 Å². The average molecular weight is 452 g/mol. The largest absolute Gasteiger partial charge is 0.508 e. The number of rotatable bonds is 5. The van der Waals surface area contributed by atoms with E-state index in [0.29, 0.717) is 21.7 Å². The molecule has 1 unspecified atom stereocenters. The summed E-state index contributed by atoms with van der Waals surface area (Å²) in [4.78, 5) is 0. The van der Waals surface area contributed by atoms with Crippen molar-refractivity contribution in [3.8, 4) is 5.75 Å². The van der Waals surface area contributed by atoms with Crippen LogP contribution in [0, 0.1) is 5.82 Å². The first-order valence-electron chi connectivity index (χ1n) is 10.8. The van der Waals surface area contributed by atoms with Gasteiger partial charge in [0, 0.05) is 21.7 Å². The number of phenolic OH excluding ortho intramolecular Hbond substituents is 1. The fourth-order valence-electron chi connectivity index (χ4n) is 4.55. The summed E-state index contributed by atoms with van der Waals surface area (Å²) in [6.45, 7) is 0. The molecule has 5 aromatic rings.